The van der Waals surface area contributed by atoms with E-state index in [-0.39, 0.29) is 6.04 Å². The van der Waals surface area contributed by atoms with Gasteiger partial charge >= 0.3 is 0 Å². The van der Waals surface area contributed by atoms with Crippen molar-refractivity contribution in [1.82, 2.24) is 15.4 Å². The van der Waals surface area contributed by atoms with E-state index in [4.69, 9.17) is 0 Å². The van der Waals surface area contributed by atoms with Gasteiger partial charge in [0.1, 0.15) is 0 Å². The Morgan fingerprint density at radius 3 is 2.19 bits per heavy atom. The summed E-state index contributed by atoms with van der Waals surface area (Å²) in [4.78, 5) is 28.9. The van der Waals surface area contributed by atoms with Gasteiger partial charge in [-0.25, -0.2) is 10.4 Å². The van der Waals surface area contributed by atoms with Crippen LogP contribution in [0.4, 0.5) is 0 Å². The minimum absolute atomic E-state index is 0.0571. The molecule has 2 aromatic rings. The smallest absolute Gasteiger partial charge is 0.267 e. The molecule has 0 unspecified atom stereocenters. The van der Waals surface area contributed by atoms with Crippen LogP contribution in [-0.4, -0.2) is 27.8 Å². The van der Waals surface area contributed by atoms with Crippen LogP contribution in [0.15, 0.2) is 54.9 Å². The summed E-state index contributed by atoms with van der Waals surface area (Å²) in [6.45, 7) is 3.73. The van der Waals surface area contributed by atoms with Gasteiger partial charge in [-0.1, -0.05) is 18.2 Å². The van der Waals surface area contributed by atoms with Crippen LogP contribution >= 0.6 is 0 Å². The predicted molar refractivity (Wildman–Crippen MR) is 79.5 cm³/mol. The van der Waals surface area contributed by atoms with Gasteiger partial charge in [0.15, 0.2) is 0 Å². The Bertz CT molecular complexity index is 560. The fraction of sp³-hybridized carbons (Fsp3) is 0.188. The number of amides is 2. The highest BCUT2D eigenvalue weighted by Crippen LogP contribution is 2.08. The van der Waals surface area contributed by atoms with Crippen LogP contribution in [0.5, 0.6) is 0 Å². The van der Waals surface area contributed by atoms with Crippen LogP contribution in [0.1, 0.15) is 34.6 Å². The lowest BCUT2D eigenvalue weighted by molar-refractivity contribution is 0.0503. The summed E-state index contributed by atoms with van der Waals surface area (Å²) >= 11 is 0. The van der Waals surface area contributed by atoms with Crippen molar-refractivity contribution >= 4 is 11.8 Å². The standard InChI is InChI=1S/C16H17N3O2/c1-12(2)18-19(15(20)13-7-4-3-5-8-13)16(21)14-9-6-10-17-11-14/h3-12,18H,1-2H3. The minimum atomic E-state index is -0.425. The Labute approximate surface area is 123 Å². The Hall–Kier alpha value is -2.53. The SMILES string of the molecule is CC(C)NN(C(=O)c1ccccc1)C(=O)c1cccnc1. The van der Waals surface area contributed by atoms with Crippen molar-refractivity contribution in [2.24, 2.45) is 0 Å². The van der Waals surface area contributed by atoms with E-state index < -0.39 is 11.8 Å². The molecule has 0 aliphatic carbocycles. The molecule has 0 saturated carbocycles. The first kappa shape index (κ1) is 14.9. The molecule has 1 aromatic carbocycles. The van der Waals surface area contributed by atoms with E-state index in [1.54, 1.807) is 42.6 Å². The van der Waals surface area contributed by atoms with Crippen molar-refractivity contribution in [1.29, 1.82) is 0 Å². The molecular weight excluding hydrogens is 266 g/mol. The van der Waals surface area contributed by atoms with Gasteiger partial charge in [0.05, 0.1) is 5.56 Å². The number of hydrazine groups is 1. The number of imide groups is 1. The number of rotatable bonds is 4. The van der Waals surface area contributed by atoms with Gasteiger partial charge in [0, 0.05) is 24.0 Å². The number of carbonyl (C=O) groups is 2. The number of hydrogen-bond acceptors (Lipinski definition) is 4. The Balaban J connectivity index is 2.31. The average Bonchev–Trinajstić information content (AvgIpc) is 2.53. The normalized spacial score (nSPS) is 10.4. The molecule has 2 amide bonds. The first-order chi connectivity index (χ1) is 10.1. The molecule has 108 valence electrons. The molecule has 0 fully saturated rings. The van der Waals surface area contributed by atoms with Gasteiger partial charge in [-0.3, -0.25) is 14.6 Å². The van der Waals surface area contributed by atoms with E-state index in [9.17, 15) is 9.59 Å². The van der Waals surface area contributed by atoms with E-state index in [0.717, 1.165) is 5.01 Å². The quantitative estimate of drug-likeness (QED) is 0.690. The van der Waals surface area contributed by atoms with Crippen LogP contribution in [0.25, 0.3) is 0 Å². The van der Waals surface area contributed by atoms with Crippen molar-refractivity contribution in [3.8, 4) is 0 Å². The Morgan fingerprint density at radius 1 is 1.00 bits per heavy atom. The Kier molecular flexibility index (Phi) is 4.79. The summed E-state index contributed by atoms with van der Waals surface area (Å²) in [7, 11) is 0. The van der Waals surface area contributed by atoms with Crippen molar-refractivity contribution in [3.05, 3.63) is 66.0 Å². The molecule has 1 N–H and O–H groups in total. The van der Waals surface area contributed by atoms with Crippen LogP contribution in [-0.2, 0) is 0 Å². The maximum atomic E-state index is 12.5. The second-order valence-corrected chi connectivity index (χ2v) is 4.84. The summed E-state index contributed by atoms with van der Waals surface area (Å²) in [5.41, 5.74) is 3.69. The zero-order valence-corrected chi connectivity index (χ0v) is 12.0. The molecule has 5 nitrogen and oxygen atoms in total. The molecule has 0 aliphatic heterocycles. The molecule has 0 spiro atoms. The van der Waals surface area contributed by atoms with Gasteiger partial charge in [0.2, 0.25) is 0 Å². The number of carbonyl (C=O) groups excluding carboxylic acids is 2. The maximum absolute atomic E-state index is 12.5. The second kappa shape index (κ2) is 6.76. The van der Waals surface area contributed by atoms with Gasteiger partial charge in [0.25, 0.3) is 11.8 Å². The third-order valence-corrected chi connectivity index (χ3v) is 2.72. The number of aromatic nitrogens is 1. The van der Waals surface area contributed by atoms with Crippen LogP contribution < -0.4 is 5.43 Å². The number of nitrogens with one attached hydrogen (secondary N) is 1. The fourth-order valence-electron chi connectivity index (χ4n) is 1.80. The van der Waals surface area contributed by atoms with Gasteiger partial charge in [-0.05, 0) is 38.1 Å². The molecule has 0 atom stereocenters. The monoisotopic (exact) mass is 283 g/mol. The second-order valence-electron chi connectivity index (χ2n) is 4.84. The largest absolute Gasteiger partial charge is 0.276 e. The molecule has 0 radical (unpaired) electrons. The number of hydrogen-bond donors (Lipinski definition) is 1. The average molecular weight is 283 g/mol. The maximum Gasteiger partial charge on any atom is 0.276 e. The van der Waals surface area contributed by atoms with Crippen molar-refractivity contribution < 1.29 is 9.59 Å². The molecule has 0 aliphatic rings. The highest BCUT2D eigenvalue weighted by molar-refractivity contribution is 6.09. The third kappa shape index (κ3) is 3.73. The van der Waals surface area contributed by atoms with Gasteiger partial charge in [-0.15, -0.1) is 0 Å². The van der Waals surface area contributed by atoms with Crippen molar-refractivity contribution in [2.75, 3.05) is 0 Å². The van der Waals surface area contributed by atoms with E-state index in [0.29, 0.717) is 11.1 Å². The predicted octanol–water partition coefficient (Wildman–Crippen LogP) is 2.28. The third-order valence-electron chi connectivity index (χ3n) is 2.72. The summed E-state index contributed by atoms with van der Waals surface area (Å²) in [6.07, 6.45) is 3.02. The zero-order chi connectivity index (χ0) is 15.2. The molecule has 1 heterocycles. The molecule has 5 heteroatoms. The van der Waals surface area contributed by atoms with Crippen LogP contribution in [0.2, 0.25) is 0 Å². The van der Waals surface area contributed by atoms with E-state index in [1.807, 2.05) is 19.9 Å². The number of pyridine rings is 1. The molecular formula is C16H17N3O2. The van der Waals surface area contributed by atoms with Crippen LogP contribution in [0, 0.1) is 0 Å². The summed E-state index contributed by atoms with van der Waals surface area (Å²) in [5, 5.41) is 1.04. The highest BCUT2D eigenvalue weighted by Gasteiger charge is 2.24. The fourth-order valence-corrected chi connectivity index (χ4v) is 1.80. The lowest BCUT2D eigenvalue weighted by Crippen LogP contribution is -2.50. The van der Waals surface area contributed by atoms with Gasteiger partial charge in [-0.2, -0.15) is 0 Å². The summed E-state index contributed by atoms with van der Waals surface area (Å²) in [5.74, 6) is -0.816. The number of benzene rings is 1. The van der Waals surface area contributed by atoms with Crippen molar-refractivity contribution in [2.45, 2.75) is 19.9 Å². The lowest BCUT2D eigenvalue weighted by Gasteiger charge is -2.24. The topological polar surface area (TPSA) is 62.3 Å². The van der Waals surface area contributed by atoms with E-state index in [2.05, 4.69) is 10.4 Å². The first-order valence-electron chi connectivity index (χ1n) is 6.69. The summed E-state index contributed by atoms with van der Waals surface area (Å²) in [6, 6.07) is 11.9. The van der Waals surface area contributed by atoms with Gasteiger partial charge < -0.3 is 0 Å². The molecule has 0 bridgehead atoms. The summed E-state index contributed by atoms with van der Waals surface area (Å²) < 4.78 is 0. The molecule has 21 heavy (non-hydrogen) atoms. The first-order valence-corrected chi connectivity index (χ1v) is 6.69. The molecule has 1 aromatic heterocycles. The lowest BCUT2D eigenvalue weighted by atomic mass is 10.2. The van der Waals surface area contributed by atoms with E-state index in [1.165, 1.54) is 6.20 Å². The highest BCUT2D eigenvalue weighted by atomic mass is 16.2. The van der Waals surface area contributed by atoms with Crippen molar-refractivity contribution in [3.63, 3.8) is 0 Å². The van der Waals surface area contributed by atoms with E-state index >= 15 is 0 Å². The Morgan fingerprint density at radius 2 is 1.62 bits per heavy atom. The van der Waals surface area contributed by atoms with Crippen LogP contribution in [0.3, 0.4) is 0 Å². The molecule has 2 rings (SSSR count). The molecule has 0 saturated heterocycles. The number of nitrogens with zero attached hydrogens (tertiary/aromatic N) is 2. The zero-order valence-electron chi connectivity index (χ0n) is 12.0. The minimum Gasteiger partial charge on any atom is -0.267 e.